The number of carbonyl (C=O) groups excluding carboxylic acids is 1. The number of carbonyl (C=O) groups is 1. The van der Waals surface area contributed by atoms with Crippen LogP contribution in [0.2, 0.25) is 0 Å². The van der Waals surface area contributed by atoms with Crippen LogP contribution in [0.5, 0.6) is 0 Å². The highest BCUT2D eigenvalue weighted by atomic mass is 16.5. The summed E-state index contributed by atoms with van der Waals surface area (Å²) in [5, 5.41) is 6.56. The summed E-state index contributed by atoms with van der Waals surface area (Å²) in [6, 6.07) is 19.3. The molecule has 0 spiro atoms. The predicted octanol–water partition coefficient (Wildman–Crippen LogP) is 4.10. The number of rotatable bonds is 6. The van der Waals surface area contributed by atoms with E-state index in [1.807, 2.05) is 30.3 Å². The quantitative estimate of drug-likeness (QED) is 0.833. The van der Waals surface area contributed by atoms with E-state index in [2.05, 4.69) is 48.7 Å². The molecule has 1 atom stereocenters. The highest BCUT2D eigenvalue weighted by Gasteiger charge is 2.31. The average Bonchev–Trinajstić information content (AvgIpc) is 2.59. The van der Waals surface area contributed by atoms with E-state index in [9.17, 15) is 4.79 Å². The molecule has 0 heterocycles. The number of nitrogens with one attached hydrogen (secondary N) is 2. The summed E-state index contributed by atoms with van der Waals surface area (Å²) in [6.07, 6.45) is 1.55. The van der Waals surface area contributed by atoms with E-state index in [1.54, 1.807) is 0 Å². The van der Waals surface area contributed by atoms with Crippen LogP contribution in [-0.2, 0) is 11.3 Å². The summed E-state index contributed by atoms with van der Waals surface area (Å²) in [7, 11) is 0. The zero-order chi connectivity index (χ0) is 17.6. The number of aryl methyl sites for hydroxylation is 1. The third-order valence-corrected chi connectivity index (χ3v) is 4.74. The molecule has 2 aromatic rings. The van der Waals surface area contributed by atoms with Gasteiger partial charge in [-0.05, 0) is 37.8 Å². The predicted molar refractivity (Wildman–Crippen MR) is 99.3 cm³/mol. The lowest BCUT2D eigenvalue weighted by molar-refractivity contribution is 0.124. The minimum atomic E-state index is -0.334. The van der Waals surface area contributed by atoms with Crippen molar-refractivity contribution >= 4 is 6.09 Å². The molecular weight excluding hydrogens is 312 g/mol. The summed E-state index contributed by atoms with van der Waals surface area (Å²) in [5.74, 6) is 0. The molecule has 132 valence electrons. The molecule has 2 aromatic carbocycles. The average molecular weight is 338 g/mol. The molecule has 4 heteroatoms. The Bertz CT molecular complexity index is 679. The summed E-state index contributed by atoms with van der Waals surface area (Å²) in [5.41, 5.74) is 3.57. The fourth-order valence-corrected chi connectivity index (χ4v) is 3.11. The first-order valence-electron chi connectivity index (χ1n) is 8.90. The lowest BCUT2D eigenvalue weighted by Crippen LogP contribution is -2.52. The van der Waals surface area contributed by atoms with Gasteiger partial charge in [0.05, 0.1) is 0 Å². The second kappa shape index (κ2) is 8.17. The van der Waals surface area contributed by atoms with Gasteiger partial charge in [-0.15, -0.1) is 0 Å². The molecule has 4 nitrogen and oxygen atoms in total. The largest absolute Gasteiger partial charge is 0.445 e. The zero-order valence-electron chi connectivity index (χ0n) is 14.9. The standard InChI is InChI=1S/C21H26N2O2/c1-15-8-10-18(11-9-15)16(2)22-19-12-20(13-19)23-21(24)25-14-17-6-4-3-5-7-17/h3-11,16,19-20,22H,12-14H2,1-2H3,(H,23,24)/t16-,19?,20?/m1/s1. The van der Waals surface area contributed by atoms with Gasteiger partial charge in [0.15, 0.2) is 0 Å². The molecule has 0 aliphatic heterocycles. The first-order chi connectivity index (χ1) is 12.1. The van der Waals surface area contributed by atoms with Crippen molar-refractivity contribution in [3.8, 4) is 0 Å². The Balaban J connectivity index is 1.35. The van der Waals surface area contributed by atoms with Gasteiger partial charge in [-0.3, -0.25) is 0 Å². The van der Waals surface area contributed by atoms with E-state index < -0.39 is 0 Å². The van der Waals surface area contributed by atoms with E-state index in [4.69, 9.17) is 4.74 Å². The van der Waals surface area contributed by atoms with Gasteiger partial charge in [0.2, 0.25) is 0 Å². The van der Waals surface area contributed by atoms with E-state index in [-0.39, 0.29) is 12.1 Å². The van der Waals surface area contributed by atoms with E-state index in [0.717, 1.165) is 18.4 Å². The number of benzene rings is 2. The molecule has 0 aromatic heterocycles. The SMILES string of the molecule is Cc1ccc([C@@H](C)NC2CC(NC(=O)OCc3ccccc3)C2)cc1. The van der Waals surface area contributed by atoms with Crippen molar-refractivity contribution in [3.63, 3.8) is 0 Å². The molecule has 25 heavy (non-hydrogen) atoms. The molecule has 0 unspecified atom stereocenters. The molecule has 0 saturated heterocycles. The van der Waals surface area contributed by atoms with Gasteiger partial charge in [0.1, 0.15) is 6.61 Å². The van der Waals surface area contributed by atoms with Crippen molar-refractivity contribution in [2.75, 3.05) is 0 Å². The van der Waals surface area contributed by atoms with Gasteiger partial charge in [0, 0.05) is 18.1 Å². The van der Waals surface area contributed by atoms with E-state index in [1.165, 1.54) is 11.1 Å². The van der Waals surface area contributed by atoms with Crippen LogP contribution in [0.3, 0.4) is 0 Å². The first kappa shape index (κ1) is 17.5. The third kappa shape index (κ3) is 5.07. The maximum absolute atomic E-state index is 11.8. The lowest BCUT2D eigenvalue weighted by atomic mass is 9.86. The van der Waals surface area contributed by atoms with Gasteiger partial charge in [-0.25, -0.2) is 4.79 Å². The molecule has 1 aliphatic carbocycles. The van der Waals surface area contributed by atoms with Crippen LogP contribution in [0, 0.1) is 6.92 Å². The summed E-state index contributed by atoms with van der Waals surface area (Å²) >= 11 is 0. The van der Waals surface area contributed by atoms with Crippen molar-refractivity contribution in [2.45, 2.75) is 51.4 Å². The topological polar surface area (TPSA) is 50.4 Å². The molecular formula is C21H26N2O2. The Labute approximate surface area is 149 Å². The minimum absolute atomic E-state index is 0.200. The van der Waals surface area contributed by atoms with Crippen molar-refractivity contribution < 1.29 is 9.53 Å². The Morgan fingerprint density at radius 1 is 1.08 bits per heavy atom. The minimum Gasteiger partial charge on any atom is -0.445 e. The molecule has 3 rings (SSSR count). The fraction of sp³-hybridized carbons (Fsp3) is 0.381. The summed E-state index contributed by atoms with van der Waals surface area (Å²) in [4.78, 5) is 11.8. The molecule has 2 N–H and O–H groups in total. The number of amides is 1. The highest BCUT2D eigenvalue weighted by molar-refractivity contribution is 5.67. The second-order valence-electron chi connectivity index (χ2n) is 6.87. The highest BCUT2D eigenvalue weighted by Crippen LogP contribution is 2.24. The Hall–Kier alpha value is -2.33. The van der Waals surface area contributed by atoms with Gasteiger partial charge in [-0.2, -0.15) is 0 Å². The van der Waals surface area contributed by atoms with Crippen LogP contribution < -0.4 is 10.6 Å². The Morgan fingerprint density at radius 3 is 2.44 bits per heavy atom. The van der Waals surface area contributed by atoms with E-state index >= 15 is 0 Å². The van der Waals surface area contributed by atoms with Crippen molar-refractivity contribution in [1.82, 2.24) is 10.6 Å². The van der Waals surface area contributed by atoms with Gasteiger partial charge >= 0.3 is 6.09 Å². The van der Waals surface area contributed by atoms with Crippen LogP contribution in [0.25, 0.3) is 0 Å². The normalized spacial score (nSPS) is 20.4. The molecule has 0 radical (unpaired) electrons. The zero-order valence-corrected chi connectivity index (χ0v) is 14.9. The number of ether oxygens (including phenoxy) is 1. The summed E-state index contributed by atoms with van der Waals surface area (Å²) < 4.78 is 5.26. The molecule has 1 aliphatic rings. The smallest absolute Gasteiger partial charge is 0.407 e. The van der Waals surface area contributed by atoms with Crippen molar-refractivity contribution in [1.29, 1.82) is 0 Å². The Kier molecular flexibility index (Phi) is 5.71. The van der Waals surface area contributed by atoms with Gasteiger partial charge < -0.3 is 15.4 Å². The van der Waals surface area contributed by atoms with Crippen LogP contribution in [-0.4, -0.2) is 18.2 Å². The first-order valence-corrected chi connectivity index (χ1v) is 8.90. The van der Waals surface area contributed by atoms with Gasteiger partial charge in [-0.1, -0.05) is 60.2 Å². The number of hydrogen-bond donors (Lipinski definition) is 2. The van der Waals surface area contributed by atoms with Crippen LogP contribution in [0.15, 0.2) is 54.6 Å². The lowest BCUT2D eigenvalue weighted by Gasteiger charge is -2.38. The monoisotopic (exact) mass is 338 g/mol. The maximum atomic E-state index is 11.8. The van der Waals surface area contributed by atoms with Crippen LogP contribution in [0.1, 0.15) is 42.5 Å². The Morgan fingerprint density at radius 2 is 1.76 bits per heavy atom. The fourth-order valence-electron chi connectivity index (χ4n) is 3.11. The third-order valence-electron chi connectivity index (χ3n) is 4.74. The number of hydrogen-bond acceptors (Lipinski definition) is 3. The number of alkyl carbamates (subject to hydrolysis) is 1. The van der Waals surface area contributed by atoms with E-state index in [0.29, 0.717) is 18.7 Å². The van der Waals surface area contributed by atoms with Gasteiger partial charge in [0.25, 0.3) is 0 Å². The van der Waals surface area contributed by atoms with Crippen LogP contribution >= 0.6 is 0 Å². The summed E-state index contributed by atoms with van der Waals surface area (Å²) in [6.45, 7) is 4.59. The second-order valence-corrected chi connectivity index (χ2v) is 6.87. The molecule has 1 saturated carbocycles. The van der Waals surface area contributed by atoms with Crippen molar-refractivity contribution in [3.05, 3.63) is 71.3 Å². The van der Waals surface area contributed by atoms with Crippen molar-refractivity contribution in [2.24, 2.45) is 0 Å². The molecule has 1 amide bonds. The molecule has 1 fully saturated rings. The molecule has 0 bridgehead atoms. The van der Waals surface area contributed by atoms with Crippen LogP contribution in [0.4, 0.5) is 4.79 Å². The maximum Gasteiger partial charge on any atom is 0.407 e.